The third-order valence-corrected chi connectivity index (χ3v) is 8.67. The molecule has 42 heavy (non-hydrogen) atoms. The minimum atomic E-state index is -0.969. The summed E-state index contributed by atoms with van der Waals surface area (Å²) >= 11 is 7.45. The maximum absolute atomic E-state index is 13.7. The minimum absolute atomic E-state index is 0.0149. The molecule has 1 saturated heterocycles. The van der Waals surface area contributed by atoms with E-state index in [1.807, 2.05) is 13.0 Å². The van der Waals surface area contributed by atoms with Crippen LogP contribution in [-0.2, 0) is 16.0 Å². The first kappa shape index (κ1) is 28.1. The molecule has 0 spiro atoms. The molecule has 1 aromatic heterocycles. The monoisotopic (exact) mass is 604 g/mol. The van der Waals surface area contributed by atoms with Gasteiger partial charge in [0.2, 0.25) is 0 Å². The van der Waals surface area contributed by atoms with E-state index >= 15 is 0 Å². The number of nitrogens with zero attached hydrogens (tertiary/aromatic N) is 2. The number of anilines is 1. The Kier molecular flexibility index (Phi) is 7.55. The van der Waals surface area contributed by atoms with E-state index in [-0.39, 0.29) is 17.4 Å². The van der Waals surface area contributed by atoms with Crippen LogP contribution in [0.3, 0.4) is 0 Å². The highest BCUT2D eigenvalue weighted by Crippen LogP contribution is 2.46. The van der Waals surface area contributed by atoms with Gasteiger partial charge in [-0.1, -0.05) is 42.3 Å². The van der Waals surface area contributed by atoms with E-state index in [1.165, 1.54) is 23.3 Å². The molecule has 2 atom stereocenters. The number of hydrogen-bond donors (Lipinski definition) is 1. The van der Waals surface area contributed by atoms with E-state index in [1.54, 1.807) is 48.5 Å². The molecule has 8 nitrogen and oxygen atoms in total. The maximum atomic E-state index is 13.7. The van der Waals surface area contributed by atoms with Crippen LogP contribution >= 0.6 is 22.9 Å². The SMILES string of the molecule is CCCCOc1ccc([C@H]2/C(=C(\O)c3ccc4c(c3)C[C@H](C)O4)C(=O)C(=O)N2c2nc3ccc(Cl)cc3s2)cc1OC. The number of thiazole rings is 1. The number of ketones is 1. The van der Waals surface area contributed by atoms with Gasteiger partial charge in [0.25, 0.3) is 5.78 Å². The summed E-state index contributed by atoms with van der Waals surface area (Å²) in [6, 6.07) is 14.8. The summed E-state index contributed by atoms with van der Waals surface area (Å²) < 4.78 is 18.1. The number of methoxy groups -OCH3 is 1. The third kappa shape index (κ3) is 4.97. The Morgan fingerprint density at radius 3 is 2.76 bits per heavy atom. The highest BCUT2D eigenvalue weighted by atomic mass is 35.5. The fourth-order valence-corrected chi connectivity index (χ4v) is 6.63. The fraction of sp³-hybridized carbons (Fsp3) is 0.281. The highest BCUT2D eigenvalue weighted by Gasteiger charge is 2.48. The van der Waals surface area contributed by atoms with Gasteiger partial charge >= 0.3 is 5.91 Å². The summed E-state index contributed by atoms with van der Waals surface area (Å²) in [6.07, 6.45) is 2.56. The standard InChI is InChI=1S/C32H29ClN2O6S/c1-4-5-12-40-24-11-6-18(15-25(24)39-3)28-27(29(36)19-7-10-23-20(14-19)13-17(2)41-23)30(37)31(38)35(28)32-34-22-9-8-21(33)16-26(22)42-32/h6-11,14-17,28,36H,4-5,12-13H2,1-3H3/b29-27+/t17-,28-/m0/s1. The van der Waals surface area contributed by atoms with Gasteiger partial charge in [-0.15, -0.1) is 0 Å². The normalized spacial score (nSPS) is 19.3. The molecule has 0 saturated carbocycles. The lowest BCUT2D eigenvalue weighted by molar-refractivity contribution is -0.132. The number of Topliss-reactive ketones (excluding diaryl/α,β-unsaturated/α-hetero) is 1. The molecular formula is C32H29ClN2O6S. The summed E-state index contributed by atoms with van der Waals surface area (Å²) in [5, 5.41) is 12.5. The van der Waals surface area contributed by atoms with Gasteiger partial charge in [-0.05, 0) is 73.0 Å². The summed E-state index contributed by atoms with van der Waals surface area (Å²) in [5.74, 6) is -0.112. The van der Waals surface area contributed by atoms with E-state index in [0.29, 0.717) is 51.3 Å². The zero-order valence-electron chi connectivity index (χ0n) is 23.3. The Balaban J connectivity index is 1.51. The van der Waals surface area contributed by atoms with Crippen LogP contribution in [0, 0.1) is 0 Å². The van der Waals surface area contributed by atoms with E-state index < -0.39 is 17.7 Å². The van der Waals surface area contributed by atoms with Crippen LogP contribution in [0.15, 0.2) is 60.2 Å². The molecule has 2 aliphatic rings. The quantitative estimate of drug-likeness (QED) is 0.0992. The number of fused-ring (bicyclic) bond motifs is 2. The van der Waals surface area contributed by atoms with Crippen molar-refractivity contribution < 1.29 is 28.9 Å². The van der Waals surface area contributed by atoms with Gasteiger partial charge in [0, 0.05) is 17.0 Å². The van der Waals surface area contributed by atoms with Gasteiger partial charge < -0.3 is 19.3 Å². The summed E-state index contributed by atoms with van der Waals surface area (Å²) in [6.45, 7) is 4.58. The molecule has 3 heterocycles. The largest absolute Gasteiger partial charge is 0.507 e. The van der Waals surface area contributed by atoms with Gasteiger partial charge in [-0.3, -0.25) is 14.5 Å². The van der Waals surface area contributed by atoms with E-state index in [4.69, 9.17) is 25.8 Å². The number of halogens is 1. The predicted octanol–water partition coefficient (Wildman–Crippen LogP) is 7.09. The van der Waals surface area contributed by atoms with Crippen LogP contribution in [-0.4, -0.2) is 41.6 Å². The summed E-state index contributed by atoms with van der Waals surface area (Å²) in [5.41, 5.74) is 2.52. The zero-order chi connectivity index (χ0) is 29.5. The second-order valence-electron chi connectivity index (χ2n) is 10.3. The smallest absolute Gasteiger partial charge is 0.301 e. The first-order valence-electron chi connectivity index (χ1n) is 13.8. The summed E-state index contributed by atoms with van der Waals surface area (Å²) in [4.78, 5) is 33.4. The van der Waals surface area contributed by atoms with Gasteiger partial charge in [-0.2, -0.15) is 0 Å². The second kappa shape index (κ2) is 11.3. The Bertz CT molecular complexity index is 1750. The van der Waals surface area contributed by atoms with Crippen molar-refractivity contribution in [1.29, 1.82) is 0 Å². The predicted molar refractivity (Wildman–Crippen MR) is 163 cm³/mol. The molecule has 1 fully saturated rings. The van der Waals surface area contributed by atoms with Crippen LogP contribution in [0.2, 0.25) is 5.02 Å². The number of unbranched alkanes of at least 4 members (excludes halogenated alkanes) is 1. The van der Waals surface area contributed by atoms with E-state index in [0.717, 1.165) is 28.9 Å². The van der Waals surface area contributed by atoms with Crippen molar-refractivity contribution in [2.45, 2.75) is 45.3 Å². The van der Waals surface area contributed by atoms with Crippen molar-refractivity contribution in [2.24, 2.45) is 0 Å². The minimum Gasteiger partial charge on any atom is -0.507 e. The van der Waals surface area contributed by atoms with Crippen molar-refractivity contribution in [3.8, 4) is 17.2 Å². The van der Waals surface area contributed by atoms with Gasteiger partial charge in [-0.25, -0.2) is 4.98 Å². The number of ether oxygens (including phenoxy) is 3. The molecule has 4 aromatic rings. The zero-order valence-corrected chi connectivity index (χ0v) is 24.9. The number of aromatic nitrogens is 1. The number of hydrogen-bond acceptors (Lipinski definition) is 8. The molecule has 10 heteroatoms. The molecule has 216 valence electrons. The highest BCUT2D eigenvalue weighted by molar-refractivity contribution is 7.22. The van der Waals surface area contributed by atoms with Crippen molar-refractivity contribution >= 4 is 55.7 Å². The molecular weight excluding hydrogens is 576 g/mol. The van der Waals surface area contributed by atoms with Crippen molar-refractivity contribution in [1.82, 2.24) is 4.98 Å². The average molecular weight is 605 g/mol. The van der Waals surface area contributed by atoms with Crippen molar-refractivity contribution in [2.75, 3.05) is 18.6 Å². The maximum Gasteiger partial charge on any atom is 0.301 e. The second-order valence-corrected chi connectivity index (χ2v) is 11.8. The lowest BCUT2D eigenvalue weighted by Crippen LogP contribution is -2.29. The molecule has 1 amide bonds. The lowest BCUT2D eigenvalue weighted by Gasteiger charge is -2.24. The van der Waals surface area contributed by atoms with Crippen molar-refractivity contribution in [3.05, 3.63) is 81.9 Å². The van der Waals surface area contributed by atoms with E-state index in [9.17, 15) is 14.7 Å². The Morgan fingerprint density at radius 2 is 1.98 bits per heavy atom. The fourth-order valence-electron chi connectivity index (χ4n) is 5.36. The Hall–Kier alpha value is -4.08. The van der Waals surface area contributed by atoms with Crippen LogP contribution in [0.4, 0.5) is 5.13 Å². The van der Waals surface area contributed by atoms with E-state index in [2.05, 4.69) is 11.9 Å². The topological polar surface area (TPSA) is 98.2 Å². The Morgan fingerprint density at radius 1 is 1.14 bits per heavy atom. The first-order valence-corrected chi connectivity index (χ1v) is 15.0. The Labute approximate surface area is 252 Å². The molecule has 6 rings (SSSR count). The number of benzene rings is 3. The average Bonchev–Trinajstić information content (AvgIpc) is 3.64. The number of amides is 1. The number of aliphatic hydroxyl groups excluding tert-OH is 1. The molecule has 1 N–H and O–H groups in total. The summed E-state index contributed by atoms with van der Waals surface area (Å²) in [7, 11) is 1.54. The number of rotatable bonds is 8. The van der Waals surface area contributed by atoms with Crippen LogP contribution in [0.5, 0.6) is 17.2 Å². The molecule has 2 aliphatic heterocycles. The van der Waals surface area contributed by atoms with Gasteiger partial charge in [0.05, 0.1) is 35.5 Å². The van der Waals surface area contributed by atoms with Crippen molar-refractivity contribution in [3.63, 3.8) is 0 Å². The first-order chi connectivity index (χ1) is 20.3. The molecule has 3 aromatic carbocycles. The molecule has 0 unspecified atom stereocenters. The van der Waals surface area contributed by atoms with Crippen LogP contribution < -0.4 is 19.1 Å². The number of aliphatic hydroxyl groups is 1. The van der Waals surface area contributed by atoms with Gasteiger partial charge in [0.15, 0.2) is 16.6 Å². The number of carbonyl (C=O) groups excluding carboxylic acids is 2. The van der Waals surface area contributed by atoms with Crippen LogP contribution in [0.25, 0.3) is 16.0 Å². The van der Waals surface area contributed by atoms with Crippen LogP contribution in [0.1, 0.15) is 49.4 Å². The van der Waals surface area contributed by atoms with Gasteiger partial charge in [0.1, 0.15) is 17.6 Å². The molecule has 0 radical (unpaired) electrons. The molecule has 0 bridgehead atoms. The number of carbonyl (C=O) groups is 2. The lowest BCUT2D eigenvalue weighted by atomic mass is 9.94. The third-order valence-electron chi connectivity index (χ3n) is 7.42. The molecule has 0 aliphatic carbocycles.